The fraction of sp³-hybridized carbons (Fsp3) is 0.714. The molecule has 1 aromatic rings. The molecule has 0 aromatic carbocycles. The van der Waals surface area contributed by atoms with Gasteiger partial charge in [-0.2, -0.15) is 0 Å². The van der Waals surface area contributed by atoms with E-state index in [1.54, 1.807) is 14.1 Å². The first kappa shape index (κ1) is 17.7. The summed E-state index contributed by atoms with van der Waals surface area (Å²) in [6, 6.07) is 0. The number of thioether (sulfide) groups is 1. The van der Waals surface area contributed by atoms with Gasteiger partial charge < -0.3 is 19.5 Å². The zero-order valence-corrected chi connectivity index (χ0v) is 14.4. The van der Waals surface area contributed by atoms with Gasteiger partial charge in [0.1, 0.15) is 0 Å². The second kappa shape index (κ2) is 8.88. The van der Waals surface area contributed by atoms with Gasteiger partial charge in [0.25, 0.3) is 11.1 Å². The molecule has 0 bridgehead atoms. The first-order valence-electron chi connectivity index (χ1n) is 7.81. The number of likely N-dealkylation sites (tertiary alicyclic amines) is 1. The average Bonchev–Trinajstić information content (AvgIpc) is 3.00. The Morgan fingerprint density at radius 1 is 1.30 bits per heavy atom. The topological polar surface area (TPSA) is 92.8 Å². The van der Waals surface area contributed by atoms with Crippen LogP contribution in [0.3, 0.4) is 0 Å². The molecule has 2 rings (SSSR count). The molecule has 9 heteroatoms. The first-order valence-corrected chi connectivity index (χ1v) is 8.80. The predicted molar refractivity (Wildman–Crippen MR) is 85.0 cm³/mol. The number of hydrogen-bond acceptors (Lipinski definition) is 6. The summed E-state index contributed by atoms with van der Waals surface area (Å²) < 4.78 is 5.59. The van der Waals surface area contributed by atoms with E-state index >= 15 is 0 Å². The number of hydrogen-bond donors (Lipinski definition) is 2. The SMILES string of the molecule is CNC(=O)CN(C)C(=O)CSc1nnc(C[NH+]2CCCCC2)o1. The van der Waals surface area contributed by atoms with Crippen LogP contribution in [0, 0.1) is 0 Å². The van der Waals surface area contributed by atoms with Gasteiger partial charge in [-0.15, -0.1) is 10.2 Å². The van der Waals surface area contributed by atoms with E-state index in [1.165, 1.54) is 40.8 Å². The molecule has 23 heavy (non-hydrogen) atoms. The van der Waals surface area contributed by atoms with Gasteiger partial charge in [0.15, 0.2) is 6.54 Å². The molecule has 0 saturated carbocycles. The summed E-state index contributed by atoms with van der Waals surface area (Å²) in [6.45, 7) is 3.09. The van der Waals surface area contributed by atoms with Crippen molar-refractivity contribution in [1.29, 1.82) is 0 Å². The molecule has 0 radical (unpaired) electrons. The summed E-state index contributed by atoms with van der Waals surface area (Å²) in [4.78, 5) is 26.0. The number of carbonyl (C=O) groups excluding carboxylic acids is 2. The smallest absolute Gasteiger partial charge is 0.277 e. The van der Waals surface area contributed by atoms with E-state index in [0.717, 1.165) is 19.6 Å². The fourth-order valence-corrected chi connectivity index (χ4v) is 3.15. The van der Waals surface area contributed by atoms with Crippen molar-refractivity contribution >= 4 is 23.6 Å². The maximum Gasteiger partial charge on any atom is 0.277 e. The van der Waals surface area contributed by atoms with E-state index < -0.39 is 0 Å². The van der Waals surface area contributed by atoms with Gasteiger partial charge >= 0.3 is 0 Å². The molecule has 8 nitrogen and oxygen atoms in total. The van der Waals surface area contributed by atoms with Crippen LogP contribution in [0.25, 0.3) is 0 Å². The number of nitrogens with zero attached hydrogens (tertiary/aromatic N) is 3. The maximum absolute atomic E-state index is 11.9. The molecule has 0 unspecified atom stereocenters. The van der Waals surface area contributed by atoms with Crippen molar-refractivity contribution in [2.45, 2.75) is 31.0 Å². The predicted octanol–water partition coefficient (Wildman–Crippen LogP) is -1.07. The Kier molecular flexibility index (Phi) is 6.85. The molecular formula is C14H24N5O3S+. The number of nitrogens with one attached hydrogen (secondary N) is 2. The van der Waals surface area contributed by atoms with Crippen LogP contribution < -0.4 is 10.2 Å². The number of carbonyl (C=O) groups is 2. The van der Waals surface area contributed by atoms with Crippen molar-refractivity contribution in [1.82, 2.24) is 20.4 Å². The fourth-order valence-electron chi connectivity index (χ4n) is 2.43. The van der Waals surface area contributed by atoms with Gasteiger partial charge in [-0.1, -0.05) is 11.8 Å². The van der Waals surface area contributed by atoms with Gasteiger partial charge in [-0.05, 0) is 19.3 Å². The zero-order valence-electron chi connectivity index (χ0n) is 13.6. The minimum absolute atomic E-state index is 0.0449. The molecule has 0 spiro atoms. The lowest BCUT2D eigenvalue weighted by Gasteiger charge is -2.21. The summed E-state index contributed by atoms with van der Waals surface area (Å²) in [7, 11) is 3.14. The van der Waals surface area contributed by atoms with E-state index in [4.69, 9.17) is 4.42 Å². The van der Waals surface area contributed by atoms with Crippen molar-refractivity contribution in [2.75, 3.05) is 39.5 Å². The summed E-state index contributed by atoms with van der Waals surface area (Å²) in [5.74, 6) is 0.442. The Bertz CT molecular complexity index is 530. The molecule has 1 aliphatic rings. The molecule has 2 N–H and O–H groups in total. The molecule has 1 aromatic heterocycles. The van der Waals surface area contributed by atoms with Crippen LogP contribution >= 0.6 is 11.8 Å². The van der Waals surface area contributed by atoms with E-state index in [9.17, 15) is 9.59 Å². The second-order valence-electron chi connectivity index (χ2n) is 5.66. The summed E-state index contributed by atoms with van der Waals surface area (Å²) in [5.41, 5.74) is 0. The summed E-state index contributed by atoms with van der Waals surface area (Å²) >= 11 is 1.20. The van der Waals surface area contributed by atoms with E-state index in [-0.39, 0.29) is 24.1 Å². The summed E-state index contributed by atoms with van der Waals surface area (Å²) in [6.07, 6.45) is 3.80. The average molecular weight is 342 g/mol. The molecular weight excluding hydrogens is 318 g/mol. The highest BCUT2D eigenvalue weighted by Crippen LogP contribution is 2.16. The van der Waals surface area contributed by atoms with E-state index in [1.807, 2.05) is 0 Å². The van der Waals surface area contributed by atoms with Crippen LogP contribution in [-0.4, -0.2) is 66.4 Å². The zero-order chi connectivity index (χ0) is 16.7. The lowest BCUT2D eigenvalue weighted by Crippen LogP contribution is -3.11. The molecule has 1 aliphatic heterocycles. The normalized spacial score (nSPS) is 15.4. The molecule has 0 aliphatic carbocycles. The first-order chi connectivity index (χ1) is 11.1. The van der Waals surface area contributed by atoms with Gasteiger partial charge in [0, 0.05) is 14.1 Å². The monoisotopic (exact) mass is 342 g/mol. The van der Waals surface area contributed by atoms with Crippen LogP contribution in [0.4, 0.5) is 0 Å². The van der Waals surface area contributed by atoms with Crippen molar-refractivity contribution in [2.24, 2.45) is 0 Å². The third kappa shape index (κ3) is 5.83. The minimum atomic E-state index is -0.199. The van der Waals surface area contributed by atoms with Crippen LogP contribution in [0.5, 0.6) is 0 Å². The Morgan fingerprint density at radius 3 is 2.74 bits per heavy atom. The number of piperidine rings is 1. The molecule has 1 saturated heterocycles. The Labute approximate surface area is 140 Å². The third-order valence-electron chi connectivity index (χ3n) is 3.81. The molecule has 0 atom stereocenters. The molecule has 128 valence electrons. The highest BCUT2D eigenvalue weighted by Gasteiger charge is 2.19. The second-order valence-corrected chi connectivity index (χ2v) is 6.59. The van der Waals surface area contributed by atoms with Crippen LogP contribution in [0.15, 0.2) is 9.64 Å². The van der Waals surface area contributed by atoms with Crippen molar-refractivity contribution in [3.8, 4) is 0 Å². The van der Waals surface area contributed by atoms with Gasteiger partial charge in [0.05, 0.1) is 25.4 Å². The van der Waals surface area contributed by atoms with Crippen LogP contribution in [0.2, 0.25) is 0 Å². The number of rotatable bonds is 7. The standard InChI is InChI=1S/C14H23N5O3S/c1-15-11(20)8-18(2)13(21)10-23-14-17-16-12(22-14)9-19-6-4-3-5-7-19/h3-10H2,1-2H3,(H,15,20)/p+1. The van der Waals surface area contributed by atoms with Crippen LogP contribution in [-0.2, 0) is 16.1 Å². The lowest BCUT2D eigenvalue weighted by atomic mass is 10.1. The molecule has 2 amide bonds. The Balaban J connectivity index is 1.75. The lowest BCUT2D eigenvalue weighted by molar-refractivity contribution is -0.919. The Hall–Kier alpha value is -1.61. The van der Waals surface area contributed by atoms with Crippen molar-refractivity contribution in [3.63, 3.8) is 0 Å². The number of aromatic nitrogens is 2. The third-order valence-corrected chi connectivity index (χ3v) is 4.62. The Morgan fingerprint density at radius 2 is 2.04 bits per heavy atom. The van der Waals surface area contributed by atoms with Gasteiger partial charge in [-0.25, -0.2) is 0 Å². The van der Waals surface area contributed by atoms with Crippen LogP contribution in [0.1, 0.15) is 25.2 Å². The van der Waals surface area contributed by atoms with Crippen molar-refractivity contribution < 1.29 is 18.9 Å². The van der Waals surface area contributed by atoms with E-state index in [2.05, 4.69) is 15.5 Å². The highest BCUT2D eigenvalue weighted by molar-refractivity contribution is 7.99. The largest absolute Gasteiger partial charge is 0.410 e. The van der Waals surface area contributed by atoms with E-state index in [0.29, 0.717) is 11.1 Å². The van der Waals surface area contributed by atoms with Gasteiger partial charge in [0.2, 0.25) is 11.8 Å². The van der Waals surface area contributed by atoms with Gasteiger partial charge in [-0.3, -0.25) is 9.59 Å². The molecule has 1 fully saturated rings. The van der Waals surface area contributed by atoms with Crippen molar-refractivity contribution in [3.05, 3.63) is 5.89 Å². The number of quaternary nitrogens is 1. The minimum Gasteiger partial charge on any atom is -0.410 e. The number of amides is 2. The maximum atomic E-state index is 11.9. The molecule has 2 heterocycles. The highest BCUT2D eigenvalue weighted by atomic mass is 32.2. The summed E-state index contributed by atoms with van der Waals surface area (Å²) in [5, 5.41) is 10.9. The number of likely N-dealkylation sites (N-methyl/N-ethyl adjacent to an activating group) is 2. The quantitative estimate of drug-likeness (QED) is 0.614.